The van der Waals surface area contributed by atoms with E-state index in [9.17, 15) is 34.4 Å². The molecule has 0 bridgehead atoms. The summed E-state index contributed by atoms with van der Waals surface area (Å²) in [5, 5.41) is 23.5. The summed E-state index contributed by atoms with van der Waals surface area (Å²) in [7, 11) is 2.78. The van der Waals surface area contributed by atoms with Crippen LogP contribution < -0.4 is 35.1 Å². The van der Waals surface area contributed by atoms with E-state index in [2.05, 4.69) is 4.98 Å². The molecule has 97 heavy (non-hydrogen) atoms. The number of amides is 2. The number of nitro groups is 1. The van der Waals surface area contributed by atoms with Crippen LogP contribution in [0.3, 0.4) is 0 Å². The van der Waals surface area contributed by atoms with Crippen LogP contribution in [0, 0.1) is 33.4 Å². The molecule has 4 aromatic carbocycles. The van der Waals surface area contributed by atoms with Gasteiger partial charge in [-0.2, -0.15) is 0 Å². The first kappa shape index (κ1) is 70.0. The number of aliphatic hydroxyl groups excluding tert-OH is 1. The van der Waals surface area contributed by atoms with E-state index in [0.717, 1.165) is 22.3 Å². The molecular weight excluding hydrogens is 1270 g/mol. The van der Waals surface area contributed by atoms with E-state index in [4.69, 9.17) is 38.1 Å². The number of para-hydroxylation sites is 2. The second kappa shape index (κ2) is 28.5. The number of ether oxygens (including phenoxy) is 7. The molecule has 0 unspecified atom stereocenters. The van der Waals surface area contributed by atoms with Crippen LogP contribution in [0.5, 0.6) is 17.2 Å². The number of piperazine rings is 2. The van der Waals surface area contributed by atoms with Crippen molar-refractivity contribution in [3.63, 3.8) is 0 Å². The van der Waals surface area contributed by atoms with Gasteiger partial charge in [0, 0.05) is 58.9 Å². The topological polar surface area (TPSA) is 245 Å². The van der Waals surface area contributed by atoms with Gasteiger partial charge < -0.3 is 57.9 Å². The third kappa shape index (κ3) is 14.2. The summed E-state index contributed by atoms with van der Waals surface area (Å²) in [6.07, 6.45) is -1.09. The minimum Gasteiger partial charge on any atom is -0.484 e. The predicted octanol–water partition coefficient (Wildman–Crippen LogP) is 12.0. The Bertz CT molecular complexity index is 4460. The van der Waals surface area contributed by atoms with Crippen molar-refractivity contribution in [2.24, 2.45) is 0 Å². The van der Waals surface area contributed by atoms with Crippen LogP contribution in [0.2, 0.25) is 0 Å². The highest BCUT2D eigenvalue weighted by Gasteiger charge is 2.42. The Morgan fingerprint density at radius 3 is 1.54 bits per heavy atom. The lowest BCUT2D eigenvalue weighted by Crippen LogP contribution is -2.59. The first-order valence-electron chi connectivity index (χ1n) is 31.5. The molecule has 2 saturated heterocycles. The number of anilines is 2. The molecule has 3 aliphatic rings. The molecule has 0 radical (unpaired) electrons. The second-order valence-corrected chi connectivity index (χ2v) is 26.1. The Morgan fingerprint density at radius 2 is 1.08 bits per heavy atom. The Hall–Kier alpha value is -9.86. The molecule has 514 valence electrons. The van der Waals surface area contributed by atoms with E-state index in [1.165, 1.54) is 65.0 Å². The molecule has 27 heteroatoms. The minimum absolute atomic E-state index is 0.00669. The fourth-order valence-corrected chi connectivity index (χ4v) is 12.2. The van der Waals surface area contributed by atoms with Crippen LogP contribution in [0.15, 0.2) is 107 Å². The van der Waals surface area contributed by atoms with Gasteiger partial charge in [0.1, 0.15) is 58.0 Å². The van der Waals surface area contributed by atoms with Gasteiger partial charge in [-0.15, -0.1) is 0 Å². The fourth-order valence-electron chi connectivity index (χ4n) is 12.2. The molecule has 1 N–H and O–H groups in total. The number of rotatable bonds is 15. The Morgan fingerprint density at radius 1 is 0.629 bits per heavy atom. The van der Waals surface area contributed by atoms with E-state index in [0.29, 0.717) is 35.4 Å². The number of hydrogen-bond acceptors (Lipinski definition) is 18. The number of aliphatic hydroxyl groups is 1. The Balaban J connectivity index is 0.000000211. The van der Waals surface area contributed by atoms with E-state index in [1.54, 1.807) is 76.8 Å². The zero-order chi connectivity index (χ0) is 70.1. The van der Waals surface area contributed by atoms with Gasteiger partial charge in [0.15, 0.2) is 36.5 Å². The summed E-state index contributed by atoms with van der Waals surface area (Å²) >= 11 is 0. The maximum atomic E-state index is 16.4. The highest BCUT2D eigenvalue weighted by Crippen LogP contribution is 2.45. The number of halogens is 4. The summed E-state index contributed by atoms with van der Waals surface area (Å²) in [5.74, 6) is -3.63. The number of carbonyl (C=O) groups excluding carboxylic acids is 2. The maximum Gasteiger partial charge on any atom is 0.410 e. The average Bonchev–Trinajstić information content (AvgIpc) is 0.728. The van der Waals surface area contributed by atoms with Crippen molar-refractivity contribution in [3.05, 3.63) is 162 Å². The zero-order valence-corrected chi connectivity index (χ0v) is 55.9. The number of fused-ring (bicyclic) bond motifs is 6. The number of aromatic nitrogens is 4. The molecule has 7 heterocycles. The van der Waals surface area contributed by atoms with Crippen molar-refractivity contribution < 1.29 is 70.3 Å². The van der Waals surface area contributed by atoms with E-state index in [-0.39, 0.29) is 126 Å². The summed E-state index contributed by atoms with van der Waals surface area (Å²) in [4.78, 5) is 82.4. The highest BCUT2D eigenvalue weighted by molar-refractivity contribution is 5.98. The number of nitrogens with zero attached hydrogens (tertiary/aromatic N) is 9. The molecule has 2 amide bonds. The summed E-state index contributed by atoms with van der Waals surface area (Å²) in [6, 6.07) is 23.1. The van der Waals surface area contributed by atoms with Crippen LogP contribution in [0.25, 0.3) is 56.0 Å². The number of carbonyl (C=O) groups is 2. The molecule has 8 aromatic rings. The lowest BCUT2D eigenvalue weighted by atomic mass is 10.00. The van der Waals surface area contributed by atoms with E-state index in [1.807, 2.05) is 50.8 Å². The van der Waals surface area contributed by atoms with Crippen LogP contribution in [0.4, 0.5) is 44.2 Å². The van der Waals surface area contributed by atoms with Crippen LogP contribution >= 0.6 is 0 Å². The highest BCUT2D eigenvalue weighted by atomic mass is 19.1. The zero-order valence-electron chi connectivity index (χ0n) is 55.9. The quantitative estimate of drug-likeness (QED) is 0.0434. The van der Waals surface area contributed by atoms with Crippen molar-refractivity contribution in [2.45, 2.75) is 104 Å². The van der Waals surface area contributed by atoms with Crippen molar-refractivity contribution >= 4 is 51.3 Å². The smallest absolute Gasteiger partial charge is 0.410 e. The molecular formula is C70H77F4N9O14. The first-order chi connectivity index (χ1) is 46.1. The van der Waals surface area contributed by atoms with E-state index >= 15 is 17.6 Å². The van der Waals surface area contributed by atoms with Crippen LogP contribution in [0.1, 0.15) is 92.2 Å². The first-order valence-corrected chi connectivity index (χ1v) is 31.5. The fraction of sp³-hybridized carbons (Fsp3) is 0.400. The molecule has 23 nitrogen and oxygen atoms in total. The van der Waals surface area contributed by atoms with Gasteiger partial charge in [-0.05, 0) is 113 Å². The third-order valence-corrected chi connectivity index (χ3v) is 16.4. The average molecular weight is 1340 g/mol. The molecule has 4 aromatic heterocycles. The SMILES string of the molecule is COCOc1cccc(F)c1-c1nc2c(cc1F)c(N1CCN(C(=O)OC(C)(C)C)C[C@@H]1CO)c([N+](=O)[O-])c(=O)n2-c1ccccc1C(C)C.COCOc1cccc(F)c1-c1nc2c(cc1F)c1c(c(=O)n2-c2ccccc2C(C)C)OC[C@H]2CN(C(=O)OC(C)(C)C)CCN12. The van der Waals surface area contributed by atoms with Crippen LogP contribution in [-0.4, -0.2) is 155 Å². The molecule has 0 saturated carbocycles. The van der Waals surface area contributed by atoms with E-state index < -0.39 is 86.7 Å². The van der Waals surface area contributed by atoms with Gasteiger partial charge in [0.25, 0.3) is 0 Å². The largest absolute Gasteiger partial charge is 0.484 e. The standard InChI is InChI=1S/C35H39F2N5O8.C35H38F2N4O6/c1-20(2)22-10-7-8-12-26(22)41-32-23(16-25(37)29(38-32)28-24(36)11-9-13-27(28)49-19-48-6)30(31(33(41)44)42(46)47)40-15-14-39(17-21(40)18-43)34(45)50-35(3,4)5;1-20(2)22-10-7-8-12-26(22)41-32-23(16-25(37)29(38-32)28-24(36)11-9-13-27(28)46-19-44-6)30-31(33(41)42)45-18-21-17-39(14-15-40(21)30)34(43)47-35(3,4)5/h7-13,16,20-21,43H,14-15,17-19H2,1-6H3;7-13,16,20-21H,14-15,17-19H2,1-6H3/t2*21-/m11/s1. The molecule has 0 spiro atoms. The van der Waals surface area contributed by atoms with Gasteiger partial charge in [-0.3, -0.25) is 28.8 Å². The van der Waals surface area contributed by atoms with Crippen molar-refractivity contribution in [1.29, 1.82) is 0 Å². The lowest BCUT2D eigenvalue weighted by Gasteiger charge is -2.45. The third-order valence-electron chi connectivity index (χ3n) is 16.4. The van der Waals surface area contributed by atoms with Gasteiger partial charge >= 0.3 is 29.0 Å². The molecule has 3 aliphatic heterocycles. The van der Waals surface area contributed by atoms with Gasteiger partial charge in [0.2, 0.25) is 5.75 Å². The minimum atomic E-state index is -1.08. The van der Waals surface area contributed by atoms with Crippen molar-refractivity contribution in [2.75, 3.05) is 90.1 Å². The molecule has 2 atom stereocenters. The van der Waals surface area contributed by atoms with Gasteiger partial charge in [-0.1, -0.05) is 76.2 Å². The molecule has 0 aliphatic carbocycles. The van der Waals surface area contributed by atoms with Crippen molar-refractivity contribution in [1.82, 2.24) is 28.9 Å². The number of hydrogen-bond donors (Lipinski definition) is 1. The maximum absolute atomic E-state index is 16.4. The normalized spacial score (nSPS) is 15.6. The lowest BCUT2D eigenvalue weighted by molar-refractivity contribution is -0.385. The molecule has 11 rings (SSSR count). The van der Waals surface area contributed by atoms with Gasteiger partial charge in [-0.25, -0.2) is 37.1 Å². The number of benzene rings is 4. The number of methoxy groups -OCH3 is 2. The molecule has 2 fully saturated rings. The summed E-state index contributed by atoms with van der Waals surface area (Å²) in [6.45, 7) is 18.1. The number of pyridine rings is 4. The Labute approximate surface area is 556 Å². The monoisotopic (exact) mass is 1340 g/mol. The summed E-state index contributed by atoms with van der Waals surface area (Å²) in [5.41, 5.74) is -2.97. The van der Waals surface area contributed by atoms with Crippen molar-refractivity contribution in [3.8, 4) is 51.1 Å². The summed E-state index contributed by atoms with van der Waals surface area (Å²) < 4.78 is 104. The Kier molecular flexibility index (Phi) is 20.5. The van der Waals surface area contributed by atoms with Crippen LogP contribution in [-0.2, 0) is 18.9 Å². The second-order valence-electron chi connectivity index (χ2n) is 26.1. The predicted molar refractivity (Wildman–Crippen MR) is 356 cm³/mol. The van der Waals surface area contributed by atoms with Gasteiger partial charge in [0.05, 0.1) is 57.2 Å².